The molecule has 0 bridgehead atoms. The molecule has 0 saturated heterocycles. The second-order valence-corrected chi connectivity index (χ2v) is 6.29. The van der Waals surface area contributed by atoms with Crippen molar-refractivity contribution in [3.63, 3.8) is 0 Å². The number of hydrogen-bond donors (Lipinski definition) is 3. The number of benzene rings is 1. The van der Waals surface area contributed by atoms with Crippen molar-refractivity contribution < 1.29 is 10.2 Å². The van der Waals surface area contributed by atoms with Crippen molar-refractivity contribution in [2.24, 2.45) is 7.05 Å². The number of nitriles is 1. The van der Waals surface area contributed by atoms with E-state index in [4.69, 9.17) is 16.7 Å². The van der Waals surface area contributed by atoms with Crippen LogP contribution in [0.5, 0.6) is 5.75 Å². The van der Waals surface area contributed by atoms with Crippen LogP contribution in [0.25, 0.3) is 28.1 Å². The van der Waals surface area contributed by atoms with E-state index in [1.54, 1.807) is 34.9 Å². The van der Waals surface area contributed by atoms with Gasteiger partial charge in [-0.05, 0) is 0 Å². The van der Waals surface area contributed by atoms with Gasteiger partial charge in [0.15, 0.2) is 5.82 Å². The van der Waals surface area contributed by atoms with Crippen LogP contribution in [0.15, 0.2) is 24.8 Å². The zero-order valence-electron chi connectivity index (χ0n) is 14.2. The molecule has 0 aliphatic rings. The van der Waals surface area contributed by atoms with Gasteiger partial charge in [-0.1, -0.05) is 11.6 Å². The van der Waals surface area contributed by atoms with E-state index in [1.165, 1.54) is 6.07 Å². The van der Waals surface area contributed by atoms with Crippen LogP contribution in [-0.2, 0) is 13.5 Å². The summed E-state index contributed by atoms with van der Waals surface area (Å²) in [4.78, 5) is 7.16. The number of rotatable bonds is 4. The number of nitrogens with one attached hydrogen (secondary N) is 1. The molecule has 27 heavy (non-hydrogen) atoms. The molecule has 0 spiro atoms. The normalized spacial score (nSPS) is 11.2. The Balaban J connectivity index is 2.15. The number of fused-ring (bicyclic) bond motifs is 1. The first kappa shape index (κ1) is 17.1. The summed E-state index contributed by atoms with van der Waals surface area (Å²) in [7, 11) is 1.78. The maximum Gasteiger partial charge on any atom is 0.180 e. The minimum Gasteiger partial charge on any atom is -0.506 e. The number of aromatic hydroxyl groups is 1. The molecule has 4 rings (SSSR count). The van der Waals surface area contributed by atoms with E-state index >= 15 is 0 Å². The lowest BCUT2D eigenvalue weighted by atomic mass is 10.1. The Morgan fingerprint density at radius 3 is 2.85 bits per heavy atom. The third-order valence-electron chi connectivity index (χ3n) is 4.34. The zero-order valence-corrected chi connectivity index (χ0v) is 14.9. The topological polar surface area (TPSA) is 129 Å². The number of halogens is 1. The van der Waals surface area contributed by atoms with E-state index < -0.39 is 0 Å². The lowest BCUT2D eigenvalue weighted by Crippen LogP contribution is -1.99. The molecule has 0 aliphatic carbocycles. The number of phenolic OH excluding ortho intramolecular Hbond substituents is 1. The van der Waals surface area contributed by atoms with Crippen LogP contribution in [0.3, 0.4) is 0 Å². The number of aryl methyl sites for hydroxylation is 1. The van der Waals surface area contributed by atoms with Gasteiger partial charge in [0.1, 0.15) is 23.3 Å². The highest BCUT2D eigenvalue weighted by Crippen LogP contribution is 2.43. The Kier molecular flexibility index (Phi) is 4.07. The number of nitrogens with zero attached hydrogens (tertiary/aromatic N) is 6. The molecule has 136 valence electrons. The Hall–Kier alpha value is -3.35. The zero-order chi connectivity index (χ0) is 19.1. The lowest BCUT2D eigenvalue weighted by molar-refractivity contribution is 0.297. The van der Waals surface area contributed by atoms with Crippen LogP contribution >= 0.6 is 11.6 Å². The van der Waals surface area contributed by atoms with Crippen LogP contribution in [-0.4, -0.2) is 46.1 Å². The summed E-state index contributed by atoms with van der Waals surface area (Å²) < 4.78 is 3.51. The number of phenols is 1. The molecule has 9 nitrogen and oxygen atoms in total. The minimum absolute atomic E-state index is 0.0591. The molecule has 10 heteroatoms. The number of imidazole rings is 1. The van der Waals surface area contributed by atoms with E-state index in [1.807, 2.05) is 0 Å². The Labute approximate surface area is 158 Å². The first-order valence-corrected chi connectivity index (χ1v) is 8.39. The van der Waals surface area contributed by atoms with Gasteiger partial charge in [0, 0.05) is 37.3 Å². The average molecular weight is 384 g/mol. The van der Waals surface area contributed by atoms with Gasteiger partial charge in [-0.25, -0.2) is 4.98 Å². The van der Waals surface area contributed by atoms with Crippen molar-refractivity contribution in [1.82, 2.24) is 29.3 Å². The molecule has 0 aliphatic heterocycles. The molecule has 3 N–H and O–H groups in total. The number of hydrogen-bond acceptors (Lipinski definition) is 6. The van der Waals surface area contributed by atoms with Crippen LogP contribution in [0.1, 0.15) is 11.4 Å². The van der Waals surface area contributed by atoms with E-state index in [-0.39, 0.29) is 22.9 Å². The Morgan fingerprint density at radius 1 is 1.37 bits per heavy atom. The summed E-state index contributed by atoms with van der Waals surface area (Å²) in [6.45, 7) is -0.0591. The van der Waals surface area contributed by atoms with Crippen molar-refractivity contribution in [3.8, 4) is 29.0 Å². The van der Waals surface area contributed by atoms with Crippen molar-refractivity contribution >= 4 is 22.5 Å². The van der Waals surface area contributed by atoms with Gasteiger partial charge in [-0.3, -0.25) is 0 Å². The number of H-pyrrole nitrogens is 1. The van der Waals surface area contributed by atoms with Crippen molar-refractivity contribution in [2.45, 2.75) is 6.42 Å². The fraction of sp³-hybridized carbons (Fsp3) is 0.176. The number of aromatic amines is 1. The first-order valence-electron chi connectivity index (χ1n) is 8.01. The lowest BCUT2D eigenvalue weighted by Gasteiger charge is -2.06. The molecule has 3 heterocycles. The minimum atomic E-state index is -0.183. The molecule has 1 aromatic carbocycles. The van der Waals surface area contributed by atoms with Crippen LogP contribution < -0.4 is 0 Å². The first-order chi connectivity index (χ1) is 13.1. The molecular formula is C17H14ClN7O2. The molecule has 3 aromatic heterocycles. The Bertz CT molecular complexity index is 1180. The fourth-order valence-electron chi connectivity index (χ4n) is 3.21. The second-order valence-electron chi connectivity index (χ2n) is 5.91. The molecule has 0 atom stereocenters. The predicted molar refractivity (Wildman–Crippen MR) is 97.6 cm³/mol. The smallest absolute Gasteiger partial charge is 0.180 e. The highest BCUT2D eigenvalue weighted by atomic mass is 35.5. The van der Waals surface area contributed by atoms with Gasteiger partial charge in [0.2, 0.25) is 0 Å². The average Bonchev–Trinajstić information content (AvgIpc) is 3.37. The molecule has 0 radical (unpaired) electrons. The summed E-state index contributed by atoms with van der Waals surface area (Å²) in [5.74, 6) is 0.793. The molecule has 0 unspecified atom stereocenters. The van der Waals surface area contributed by atoms with E-state index in [2.05, 4.69) is 26.2 Å². The summed E-state index contributed by atoms with van der Waals surface area (Å²) >= 11 is 6.42. The van der Waals surface area contributed by atoms with E-state index in [9.17, 15) is 10.4 Å². The number of aliphatic hydroxyl groups excluding tert-OH is 1. The second kappa shape index (κ2) is 6.42. The van der Waals surface area contributed by atoms with Crippen LogP contribution in [0, 0.1) is 11.3 Å². The van der Waals surface area contributed by atoms with Gasteiger partial charge in [0.25, 0.3) is 0 Å². The van der Waals surface area contributed by atoms with Gasteiger partial charge < -0.3 is 24.3 Å². The number of aliphatic hydroxyl groups is 1. The largest absolute Gasteiger partial charge is 0.506 e. The van der Waals surface area contributed by atoms with Crippen molar-refractivity contribution in [2.75, 3.05) is 6.61 Å². The summed E-state index contributed by atoms with van der Waals surface area (Å²) in [6, 6.07) is 3.44. The summed E-state index contributed by atoms with van der Waals surface area (Å²) in [5, 5.41) is 37.7. The SMILES string of the molecule is Cn1c(-c2nnc(CCO)[nH]2)c(-n2ccnc2)c2c(Cl)c(O)cc(C#N)c21. The molecule has 0 saturated carbocycles. The highest BCUT2D eigenvalue weighted by Gasteiger charge is 2.26. The Morgan fingerprint density at radius 2 is 2.19 bits per heavy atom. The molecule has 4 aromatic rings. The van der Waals surface area contributed by atoms with Gasteiger partial charge in [-0.2, -0.15) is 5.26 Å². The van der Waals surface area contributed by atoms with Crippen LogP contribution in [0.2, 0.25) is 5.02 Å². The maximum atomic E-state index is 10.2. The summed E-state index contributed by atoms with van der Waals surface area (Å²) in [5.41, 5.74) is 2.05. The van der Waals surface area contributed by atoms with E-state index in [0.717, 1.165) is 0 Å². The predicted octanol–water partition coefficient (Wildman–Crippen LogP) is 1.91. The third kappa shape index (κ3) is 2.54. The summed E-state index contributed by atoms with van der Waals surface area (Å²) in [6.07, 6.45) is 5.27. The quantitative estimate of drug-likeness (QED) is 0.493. The van der Waals surface area contributed by atoms with Gasteiger partial charge in [0.05, 0.1) is 34.7 Å². The van der Waals surface area contributed by atoms with Crippen LogP contribution in [0.4, 0.5) is 0 Å². The highest BCUT2D eigenvalue weighted by molar-refractivity contribution is 6.38. The molecule has 0 amide bonds. The fourth-order valence-corrected chi connectivity index (χ4v) is 3.44. The standard InChI is InChI=1S/C17H14ClN7O2/c1-24-14-9(7-19)6-10(27)13(18)12(14)15(25-4-3-20-8-25)16(24)17-21-11(2-5-26)22-23-17/h3-4,6,8,26-27H,2,5H2,1H3,(H,21,22,23). The maximum absolute atomic E-state index is 10.2. The number of aromatic nitrogens is 6. The van der Waals surface area contributed by atoms with Gasteiger partial charge >= 0.3 is 0 Å². The van der Waals surface area contributed by atoms with Crippen molar-refractivity contribution in [1.29, 1.82) is 5.26 Å². The third-order valence-corrected chi connectivity index (χ3v) is 4.72. The molecular weight excluding hydrogens is 370 g/mol. The van der Waals surface area contributed by atoms with E-state index in [0.29, 0.717) is 40.4 Å². The van der Waals surface area contributed by atoms with Gasteiger partial charge in [-0.15, -0.1) is 10.2 Å². The van der Waals surface area contributed by atoms with Crippen molar-refractivity contribution in [3.05, 3.63) is 41.2 Å². The molecule has 0 fully saturated rings. The monoisotopic (exact) mass is 383 g/mol.